The quantitative estimate of drug-likeness (QED) is 0.719. The number of hydrogen-bond donors (Lipinski definition) is 1. The third kappa shape index (κ3) is 4.84. The summed E-state index contributed by atoms with van der Waals surface area (Å²) in [5.41, 5.74) is 2.38. The van der Waals surface area contributed by atoms with Crippen LogP contribution in [0.3, 0.4) is 0 Å². The Bertz CT molecular complexity index is 981. The molecule has 1 amide bonds. The minimum absolute atomic E-state index is 0.124. The van der Waals surface area contributed by atoms with Crippen LogP contribution in [0.25, 0.3) is 0 Å². The van der Waals surface area contributed by atoms with Crippen molar-refractivity contribution < 1.29 is 17.9 Å². The van der Waals surface area contributed by atoms with Gasteiger partial charge in [-0.05, 0) is 49.9 Å². The molecule has 1 N–H and O–H groups in total. The van der Waals surface area contributed by atoms with Gasteiger partial charge in [0.2, 0.25) is 10.0 Å². The lowest BCUT2D eigenvalue weighted by Crippen LogP contribution is -2.35. The molecule has 1 fully saturated rings. The second-order valence-corrected chi connectivity index (χ2v) is 9.61. The van der Waals surface area contributed by atoms with E-state index in [1.54, 1.807) is 6.07 Å². The van der Waals surface area contributed by atoms with Gasteiger partial charge in [0.15, 0.2) is 0 Å². The number of amides is 1. The molecule has 0 saturated carbocycles. The van der Waals surface area contributed by atoms with Crippen molar-refractivity contribution in [2.75, 3.05) is 20.2 Å². The summed E-state index contributed by atoms with van der Waals surface area (Å²) in [6, 6.07) is 12.3. The molecule has 1 aliphatic heterocycles. The van der Waals surface area contributed by atoms with Gasteiger partial charge in [0.25, 0.3) is 5.91 Å². The molecule has 30 heavy (non-hydrogen) atoms. The Morgan fingerprint density at radius 3 is 2.37 bits per heavy atom. The molecule has 6 nitrogen and oxygen atoms in total. The number of carbonyl (C=O) groups excluding carboxylic acids is 1. The number of nitrogens with one attached hydrogen (secondary N) is 1. The molecular formula is C23H30N2O4S. The Morgan fingerprint density at radius 1 is 1.10 bits per heavy atom. The van der Waals surface area contributed by atoms with Crippen LogP contribution in [0.15, 0.2) is 47.4 Å². The maximum Gasteiger partial charge on any atom is 0.255 e. The van der Waals surface area contributed by atoms with E-state index in [2.05, 4.69) is 5.32 Å². The number of aryl methyl sites for hydroxylation is 1. The zero-order valence-electron chi connectivity index (χ0n) is 17.8. The van der Waals surface area contributed by atoms with Crippen LogP contribution in [0, 0.1) is 6.92 Å². The van der Waals surface area contributed by atoms with E-state index in [9.17, 15) is 13.2 Å². The number of piperidine rings is 1. The van der Waals surface area contributed by atoms with Gasteiger partial charge in [-0.1, -0.05) is 43.2 Å². The summed E-state index contributed by atoms with van der Waals surface area (Å²) in [5.74, 6) is -0.00109. The van der Waals surface area contributed by atoms with E-state index >= 15 is 0 Å². The molecule has 0 aliphatic carbocycles. The average Bonchev–Trinajstić information content (AvgIpc) is 2.78. The molecule has 1 saturated heterocycles. The normalized spacial score (nSPS) is 16.1. The fraction of sp³-hybridized carbons (Fsp3) is 0.435. The fourth-order valence-corrected chi connectivity index (χ4v) is 5.28. The number of sulfonamides is 1. The lowest BCUT2D eigenvalue weighted by atomic mass is 10.0. The Hall–Kier alpha value is -2.38. The summed E-state index contributed by atoms with van der Waals surface area (Å²) in [4.78, 5) is 13.2. The van der Waals surface area contributed by atoms with Crippen LogP contribution in [-0.4, -0.2) is 38.8 Å². The molecular weight excluding hydrogens is 400 g/mol. The average molecular weight is 431 g/mol. The summed E-state index contributed by atoms with van der Waals surface area (Å²) < 4.78 is 32.9. The van der Waals surface area contributed by atoms with Gasteiger partial charge in [-0.25, -0.2) is 8.42 Å². The Balaban J connectivity index is 1.89. The maximum absolute atomic E-state index is 13.1. The molecule has 2 aromatic carbocycles. The van der Waals surface area contributed by atoms with Gasteiger partial charge < -0.3 is 10.1 Å². The van der Waals surface area contributed by atoms with E-state index < -0.39 is 10.0 Å². The number of hydrogen-bond acceptors (Lipinski definition) is 4. The van der Waals surface area contributed by atoms with Crippen molar-refractivity contribution in [3.8, 4) is 5.75 Å². The minimum Gasteiger partial charge on any atom is -0.496 e. The molecule has 3 rings (SSSR count). The summed E-state index contributed by atoms with van der Waals surface area (Å²) in [5, 5.41) is 3.02. The number of methoxy groups -OCH3 is 1. The van der Waals surface area contributed by atoms with Gasteiger partial charge in [0.05, 0.1) is 23.6 Å². The highest BCUT2D eigenvalue weighted by molar-refractivity contribution is 7.89. The zero-order valence-corrected chi connectivity index (χ0v) is 18.7. The van der Waals surface area contributed by atoms with E-state index in [-0.39, 0.29) is 22.4 Å². The van der Waals surface area contributed by atoms with Crippen molar-refractivity contribution >= 4 is 15.9 Å². The molecule has 0 unspecified atom stereocenters. The molecule has 1 aliphatic rings. The molecule has 7 heteroatoms. The highest BCUT2D eigenvalue weighted by Gasteiger charge is 2.28. The summed E-state index contributed by atoms with van der Waals surface area (Å²) >= 11 is 0. The van der Waals surface area contributed by atoms with Crippen molar-refractivity contribution in [3.05, 3.63) is 59.2 Å². The first-order chi connectivity index (χ1) is 14.4. The van der Waals surface area contributed by atoms with Crippen molar-refractivity contribution in [1.82, 2.24) is 9.62 Å². The van der Waals surface area contributed by atoms with Gasteiger partial charge >= 0.3 is 0 Å². The van der Waals surface area contributed by atoms with Crippen LogP contribution in [0.2, 0.25) is 0 Å². The van der Waals surface area contributed by atoms with E-state index in [4.69, 9.17) is 4.74 Å². The zero-order chi connectivity index (χ0) is 21.7. The van der Waals surface area contributed by atoms with Crippen LogP contribution in [0.5, 0.6) is 5.75 Å². The van der Waals surface area contributed by atoms with E-state index in [0.29, 0.717) is 25.3 Å². The van der Waals surface area contributed by atoms with Gasteiger partial charge in [0, 0.05) is 13.1 Å². The number of carbonyl (C=O) groups is 1. The van der Waals surface area contributed by atoms with Gasteiger partial charge in [-0.3, -0.25) is 4.79 Å². The van der Waals surface area contributed by atoms with Crippen LogP contribution >= 0.6 is 0 Å². The summed E-state index contributed by atoms with van der Waals surface area (Å²) in [6.45, 7) is 5.05. The van der Waals surface area contributed by atoms with E-state index in [0.717, 1.165) is 30.4 Å². The SMILES string of the molecule is CC[C@H](NC(=O)c1cc(S(=O)(=O)N2CCCCC2)ccc1OC)c1ccc(C)cc1. The third-order valence-corrected chi connectivity index (χ3v) is 7.46. The molecule has 0 bridgehead atoms. The van der Waals surface area contributed by atoms with Crippen LogP contribution in [-0.2, 0) is 10.0 Å². The summed E-state index contributed by atoms with van der Waals surface area (Å²) in [7, 11) is -2.16. The second-order valence-electron chi connectivity index (χ2n) is 7.67. The standard InChI is InChI=1S/C23H30N2O4S/c1-4-21(18-10-8-17(2)9-11-18)24-23(26)20-16-19(12-13-22(20)29-3)30(27,28)25-14-6-5-7-15-25/h8-13,16,21H,4-7,14-15H2,1-3H3,(H,24,26)/t21-/m0/s1. The van der Waals surface area contributed by atoms with Crippen molar-refractivity contribution in [3.63, 3.8) is 0 Å². The molecule has 0 spiro atoms. The monoisotopic (exact) mass is 430 g/mol. The molecule has 1 atom stereocenters. The lowest BCUT2D eigenvalue weighted by molar-refractivity contribution is 0.0932. The molecule has 0 aromatic heterocycles. The van der Waals surface area contributed by atoms with Crippen LogP contribution in [0.1, 0.15) is 60.1 Å². The predicted molar refractivity (Wildman–Crippen MR) is 117 cm³/mol. The first-order valence-electron chi connectivity index (χ1n) is 10.4. The topological polar surface area (TPSA) is 75.7 Å². The second kappa shape index (κ2) is 9.62. The Labute approximate surface area is 179 Å². The molecule has 162 valence electrons. The van der Waals surface area contributed by atoms with Crippen molar-refractivity contribution in [2.24, 2.45) is 0 Å². The first kappa shape index (κ1) is 22.3. The fourth-order valence-electron chi connectivity index (χ4n) is 3.74. The van der Waals surface area contributed by atoms with Crippen molar-refractivity contribution in [2.45, 2.75) is 50.5 Å². The largest absolute Gasteiger partial charge is 0.496 e. The minimum atomic E-state index is -3.64. The Morgan fingerprint density at radius 2 is 1.77 bits per heavy atom. The smallest absolute Gasteiger partial charge is 0.255 e. The molecule has 1 heterocycles. The van der Waals surface area contributed by atoms with Gasteiger partial charge in [-0.2, -0.15) is 4.31 Å². The van der Waals surface area contributed by atoms with Gasteiger partial charge in [0.1, 0.15) is 5.75 Å². The maximum atomic E-state index is 13.1. The van der Waals surface area contributed by atoms with E-state index in [1.807, 2.05) is 38.1 Å². The van der Waals surface area contributed by atoms with E-state index in [1.165, 1.54) is 23.5 Å². The number of nitrogens with zero attached hydrogens (tertiary/aromatic N) is 1. The predicted octanol–water partition coefficient (Wildman–Crippen LogP) is 4.06. The van der Waals surface area contributed by atoms with Crippen LogP contribution < -0.4 is 10.1 Å². The third-order valence-electron chi connectivity index (χ3n) is 5.56. The van der Waals surface area contributed by atoms with Crippen molar-refractivity contribution in [1.29, 1.82) is 0 Å². The highest BCUT2D eigenvalue weighted by atomic mass is 32.2. The number of ether oxygens (including phenoxy) is 1. The lowest BCUT2D eigenvalue weighted by Gasteiger charge is -2.26. The van der Waals surface area contributed by atoms with Crippen LogP contribution in [0.4, 0.5) is 0 Å². The van der Waals surface area contributed by atoms with Gasteiger partial charge in [-0.15, -0.1) is 0 Å². The first-order valence-corrected chi connectivity index (χ1v) is 11.9. The summed E-state index contributed by atoms with van der Waals surface area (Å²) in [6.07, 6.45) is 3.47. The Kier molecular flexibility index (Phi) is 7.15. The molecule has 2 aromatic rings. The number of benzene rings is 2. The molecule has 0 radical (unpaired) electrons. The number of rotatable bonds is 7. The highest BCUT2D eigenvalue weighted by Crippen LogP contribution is 2.27.